The molecule has 3 heterocycles. The number of likely N-dealkylation sites (N-methyl/N-ethyl adjacent to an activating group) is 1. The fourth-order valence-electron chi connectivity index (χ4n) is 6.34. The van der Waals surface area contributed by atoms with Gasteiger partial charge in [0, 0.05) is 13.0 Å². The number of anilines is 1. The van der Waals surface area contributed by atoms with Crippen molar-refractivity contribution in [2.24, 2.45) is 23.7 Å². The SMILES string of the molecule is CC(C)[C@@H]1CC[C@@H](C)C[C@@]12N(C)C(=O)[C@@H]1[C@H]3C(=O)N(c4ccccc4)C(=O)[C@H]3ON12. The zero-order chi connectivity index (χ0) is 21.4. The number of nitrogens with zero attached hydrogens (tertiary/aromatic N) is 3. The third-order valence-corrected chi connectivity index (χ3v) is 7.69. The normalized spacial score (nSPS) is 38.8. The average Bonchev–Trinajstić information content (AvgIpc) is 3.29. The molecule has 1 aliphatic carbocycles. The molecule has 1 aromatic rings. The van der Waals surface area contributed by atoms with Crippen LogP contribution in [0.4, 0.5) is 5.69 Å². The monoisotopic (exact) mass is 411 g/mol. The number of hydrogen-bond donors (Lipinski definition) is 0. The average molecular weight is 412 g/mol. The molecule has 4 aliphatic rings. The minimum Gasteiger partial charge on any atom is -0.323 e. The van der Waals surface area contributed by atoms with Crippen molar-refractivity contribution in [3.63, 3.8) is 0 Å². The quantitative estimate of drug-likeness (QED) is 0.699. The Morgan fingerprint density at radius 3 is 2.40 bits per heavy atom. The fraction of sp³-hybridized carbons (Fsp3) is 0.609. The molecule has 3 aliphatic heterocycles. The number of hydrogen-bond acceptors (Lipinski definition) is 5. The van der Waals surface area contributed by atoms with Crippen molar-refractivity contribution in [3.05, 3.63) is 30.3 Å². The highest BCUT2D eigenvalue weighted by Gasteiger charge is 2.72. The van der Waals surface area contributed by atoms with Crippen molar-refractivity contribution < 1.29 is 19.2 Å². The Morgan fingerprint density at radius 2 is 1.73 bits per heavy atom. The van der Waals surface area contributed by atoms with Crippen LogP contribution < -0.4 is 4.90 Å². The predicted octanol–water partition coefficient (Wildman–Crippen LogP) is 2.42. The van der Waals surface area contributed by atoms with Crippen LogP contribution in [0.15, 0.2) is 30.3 Å². The van der Waals surface area contributed by atoms with E-state index >= 15 is 0 Å². The summed E-state index contributed by atoms with van der Waals surface area (Å²) in [6.07, 6.45) is 1.97. The minimum absolute atomic E-state index is 0.113. The van der Waals surface area contributed by atoms with E-state index in [0.717, 1.165) is 19.3 Å². The van der Waals surface area contributed by atoms with E-state index < -0.39 is 23.7 Å². The number of imide groups is 1. The van der Waals surface area contributed by atoms with Gasteiger partial charge in [-0.05, 0) is 36.8 Å². The summed E-state index contributed by atoms with van der Waals surface area (Å²) in [7, 11) is 1.84. The van der Waals surface area contributed by atoms with Crippen LogP contribution in [0.5, 0.6) is 0 Å². The third kappa shape index (κ3) is 2.36. The van der Waals surface area contributed by atoms with Gasteiger partial charge in [-0.3, -0.25) is 19.2 Å². The Balaban J connectivity index is 1.55. The van der Waals surface area contributed by atoms with Crippen LogP contribution in [0.2, 0.25) is 0 Å². The number of rotatable bonds is 2. The van der Waals surface area contributed by atoms with E-state index in [1.54, 1.807) is 29.3 Å². The molecule has 0 N–H and O–H groups in total. The summed E-state index contributed by atoms with van der Waals surface area (Å²) in [4.78, 5) is 49.3. The molecule has 5 rings (SSSR count). The van der Waals surface area contributed by atoms with Gasteiger partial charge in [0.05, 0.1) is 5.69 Å². The van der Waals surface area contributed by atoms with Crippen molar-refractivity contribution in [2.45, 2.75) is 57.8 Å². The summed E-state index contributed by atoms with van der Waals surface area (Å²) in [5.74, 6) is -0.612. The van der Waals surface area contributed by atoms with Crippen molar-refractivity contribution in [3.8, 4) is 0 Å². The van der Waals surface area contributed by atoms with E-state index in [-0.39, 0.29) is 23.6 Å². The van der Waals surface area contributed by atoms with Crippen molar-refractivity contribution in [2.75, 3.05) is 11.9 Å². The highest BCUT2D eigenvalue weighted by molar-refractivity contribution is 6.24. The van der Waals surface area contributed by atoms with Gasteiger partial charge < -0.3 is 4.90 Å². The van der Waals surface area contributed by atoms with Gasteiger partial charge in [-0.25, -0.2) is 4.90 Å². The second kappa shape index (κ2) is 6.62. The second-order valence-corrected chi connectivity index (χ2v) is 9.68. The maximum absolute atomic E-state index is 13.5. The molecule has 4 fully saturated rings. The molecule has 0 unspecified atom stereocenters. The summed E-state index contributed by atoms with van der Waals surface area (Å²) in [6.45, 7) is 6.56. The topological polar surface area (TPSA) is 70.2 Å². The largest absolute Gasteiger partial charge is 0.323 e. The lowest BCUT2D eigenvalue weighted by Crippen LogP contribution is -2.62. The van der Waals surface area contributed by atoms with Gasteiger partial charge in [0.2, 0.25) is 11.8 Å². The number of benzene rings is 1. The van der Waals surface area contributed by atoms with Gasteiger partial charge in [0.25, 0.3) is 5.91 Å². The standard InChI is InChI=1S/C23H29N3O4/c1-13(2)16-11-10-14(3)12-23(16)24(4)21(28)18-17-19(30-26(18)23)22(29)25(20(17)27)15-8-6-5-7-9-15/h5-9,13-14,16-19H,10-12H2,1-4H3/t14-,16+,17-,18+,19+,23+/m1/s1. The maximum atomic E-state index is 13.5. The van der Waals surface area contributed by atoms with E-state index in [9.17, 15) is 14.4 Å². The first-order chi connectivity index (χ1) is 14.3. The number of fused-ring (bicyclic) bond motifs is 4. The first-order valence-corrected chi connectivity index (χ1v) is 11.0. The van der Waals surface area contributed by atoms with Gasteiger partial charge in [-0.2, -0.15) is 0 Å². The number of amides is 3. The number of carbonyl (C=O) groups excluding carboxylic acids is 3. The van der Waals surface area contributed by atoms with Crippen LogP contribution in [-0.4, -0.2) is 52.5 Å². The number of hydroxylamine groups is 2. The Bertz CT molecular complexity index is 903. The second-order valence-electron chi connectivity index (χ2n) is 9.68. The molecular formula is C23H29N3O4. The third-order valence-electron chi connectivity index (χ3n) is 7.69. The molecule has 7 nitrogen and oxygen atoms in total. The molecule has 0 radical (unpaired) electrons. The zero-order valence-corrected chi connectivity index (χ0v) is 17.9. The first kappa shape index (κ1) is 19.7. The fourth-order valence-corrected chi connectivity index (χ4v) is 6.34. The summed E-state index contributed by atoms with van der Waals surface area (Å²) >= 11 is 0. The van der Waals surface area contributed by atoms with E-state index in [1.165, 1.54) is 4.90 Å². The van der Waals surface area contributed by atoms with Gasteiger partial charge in [-0.1, -0.05) is 45.4 Å². The molecule has 0 aromatic heterocycles. The molecular weight excluding hydrogens is 382 g/mol. The highest BCUT2D eigenvalue weighted by Crippen LogP contribution is 2.55. The molecule has 1 spiro atoms. The Hall–Kier alpha value is -2.25. The molecule has 3 saturated heterocycles. The van der Waals surface area contributed by atoms with Crippen molar-refractivity contribution in [1.29, 1.82) is 0 Å². The molecule has 30 heavy (non-hydrogen) atoms. The minimum atomic E-state index is -0.928. The zero-order valence-electron chi connectivity index (χ0n) is 17.9. The van der Waals surface area contributed by atoms with Crippen LogP contribution in [0.25, 0.3) is 0 Å². The Morgan fingerprint density at radius 1 is 1.03 bits per heavy atom. The Kier molecular flexibility index (Phi) is 4.35. The van der Waals surface area contributed by atoms with E-state index in [1.807, 2.05) is 18.0 Å². The molecule has 6 atom stereocenters. The summed E-state index contributed by atoms with van der Waals surface area (Å²) < 4.78 is 0. The van der Waals surface area contributed by atoms with Crippen LogP contribution in [0, 0.1) is 23.7 Å². The van der Waals surface area contributed by atoms with Crippen molar-refractivity contribution in [1.82, 2.24) is 9.96 Å². The molecule has 160 valence electrons. The first-order valence-electron chi connectivity index (χ1n) is 11.0. The van der Waals surface area contributed by atoms with Crippen LogP contribution in [0.3, 0.4) is 0 Å². The van der Waals surface area contributed by atoms with Crippen LogP contribution >= 0.6 is 0 Å². The molecule has 1 saturated carbocycles. The lowest BCUT2D eigenvalue weighted by Gasteiger charge is -2.52. The maximum Gasteiger partial charge on any atom is 0.265 e. The molecule has 3 amide bonds. The highest BCUT2D eigenvalue weighted by atomic mass is 16.7. The lowest BCUT2D eigenvalue weighted by molar-refractivity contribution is -0.260. The van der Waals surface area contributed by atoms with E-state index in [2.05, 4.69) is 20.8 Å². The van der Waals surface area contributed by atoms with E-state index in [0.29, 0.717) is 17.5 Å². The van der Waals surface area contributed by atoms with Crippen LogP contribution in [0.1, 0.15) is 40.0 Å². The summed E-state index contributed by atoms with van der Waals surface area (Å²) in [6, 6.07) is 8.14. The van der Waals surface area contributed by atoms with Gasteiger partial charge in [0.15, 0.2) is 6.10 Å². The molecule has 7 heteroatoms. The van der Waals surface area contributed by atoms with Gasteiger partial charge in [-0.15, -0.1) is 5.06 Å². The number of carbonyl (C=O) groups is 3. The van der Waals surface area contributed by atoms with E-state index in [4.69, 9.17) is 4.84 Å². The summed E-state index contributed by atoms with van der Waals surface area (Å²) in [5.41, 5.74) is -0.0762. The van der Waals surface area contributed by atoms with Crippen molar-refractivity contribution >= 4 is 23.4 Å². The molecule has 0 bridgehead atoms. The number of para-hydroxylation sites is 1. The summed E-state index contributed by atoms with van der Waals surface area (Å²) in [5, 5.41) is 1.77. The lowest BCUT2D eigenvalue weighted by atomic mass is 9.69. The predicted molar refractivity (Wildman–Crippen MR) is 110 cm³/mol. The van der Waals surface area contributed by atoms with Gasteiger partial charge in [0.1, 0.15) is 17.6 Å². The molecule has 1 aromatic carbocycles. The Labute approximate surface area is 176 Å². The van der Waals surface area contributed by atoms with Crippen LogP contribution in [-0.2, 0) is 19.2 Å². The van der Waals surface area contributed by atoms with Gasteiger partial charge >= 0.3 is 0 Å². The smallest absolute Gasteiger partial charge is 0.265 e.